The summed E-state index contributed by atoms with van der Waals surface area (Å²) in [4.78, 5) is 21.2. The van der Waals surface area contributed by atoms with Crippen molar-refractivity contribution in [2.75, 3.05) is 31.1 Å². The van der Waals surface area contributed by atoms with Gasteiger partial charge in [0, 0.05) is 37.2 Å². The number of aromatic nitrogens is 1. The fourth-order valence-electron chi connectivity index (χ4n) is 2.92. The minimum atomic E-state index is -0.0725. The third-order valence-electron chi connectivity index (χ3n) is 4.29. The molecule has 0 radical (unpaired) electrons. The van der Waals surface area contributed by atoms with E-state index < -0.39 is 0 Å². The van der Waals surface area contributed by atoms with Crippen LogP contribution in [-0.2, 0) is 11.2 Å². The Labute approximate surface area is 147 Å². The molecule has 1 saturated heterocycles. The third kappa shape index (κ3) is 3.94. The largest absolute Gasteiger partial charge is 0.368 e. The van der Waals surface area contributed by atoms with Gasteiger partial charge in [-0.2, -0.15) is 0 Å². The predicted octanol–water partition coefficient (Wildman–Crippen LogP) is 2.36. The zero-order valence-corrected chi connectivity index (χ0v) is 15.1. The molecule has 2 heterocycles. The molecule has 0 saturated carbocycles. The summed E-state index contributed by atoms with van der Waals surface area (Å²) in [5.41, 5.74) is 9.16. The Morgan fingerprint density at radius 1 is 1.33 bits per heavy atom. The number of rotatable bonds is 4. The average Bonchev–Trinajstić information content (AvgIpc) is 3.04. The van der Waals surface area contributed by atoms with Gasteiger partial charge < -0.3 is 15.5 Å². The summed E-state index contributed by atoms with van der Waals surface area (Å²) in [5, 5.41) is 2.83. The normalized spacial score (nSPS) is 16.3. The highest BCUT2D eigenvalue weighted by molar-refractivity contribution is 7.09. The molecule has 1 aromatic carbocycles. The molecule has 2 aromatic rings. The topological polar surface area (TPSA) is 62.5 Å². The van der Waals surface area contributed by atoms with Crippen molar-refractivity contribution in [3.05, 3.63) is 45.9 Å². The van der Waals surface area contributed by atoms with E-state index in [0.29, 0.717) is 6.42 Å². The molecule has 5 nitrogen and oxygen atoms in total. The van der Waals surface area contributed by atoms with Gasteiger partial charge in [0.1, 0.15) is 5.01 Å². The lowest BCUT2D eigenvalue weighted by Gasteiger charge is -2.36. The molecular weight excluding hydrogens is 320 g/mol. The van der Waals surface area contributed by atoms with E-state index in [1.54, 1.807) is 0 Å². The molecule has 1 fully saturated rings. The second-order valence-electron chi connectivity index (χ2n) is 6.35. The van der Waals surface area contributed by atoms with Crippen LogP contribution in [0, 0.1) is 6.92 Å². The summed E-state index contributed by atoms with van der Waals surface area (Å²) >= 11 is 1.53. The smallest absolute Gasteiger partial charge is 0.228 e. The molecule has 3 rings (SSSR count). The Bertz CT molecular complexity index is 705. The van der Waals surface area contributed by atoms with E-state index in [-0.39, 0.29) is 11.9 Å². The first-order valence-corrected chi connectivity index (χ1v) is 9.20. The SMILES string of the molecule is Cc1cccc(N2CCN(C(=O)Cc3csc(C(C)N)n3)CC2)c1. The lowest BCUT2D eigenvalue weighted by atomic mass is 10.2. The zero-order valence-electron chi connectivity index (χ0n) is 14.2. The van der Waals surface area contributed by atoms with Crippen LogP contribution in [0.3, 0.4) is 0 Å². The van der Waals surface area contributed by atoms with E-state index in [1.807, 2.05) is 17.2 Å². The number of nitrogens with zero attached hydrogens (tertiary/aromatic N) is 3. The fraction of sp³-hybridized carbons (Fsp3) is 0.444. The molecule has 1 aromatic heterocycles. The summed E-state index contributed by atoms with van der Waals surface area (Å²) in [7, 11) is 0. The molecular formula is C18H24N4OS. The second-order valence-corrected chi connectivity index (χ2v) is 7.24. The van der Waals surface area contributed by atoms with Crippen LogP contribution in [-0.4, -0.2) is 42.0 Å². The Balaban J connectivity index is 1.55. The summed E-state index contributed by atoms with van der Waals surface area (Å²) < 4.78 is 0. The van der Waals surface area contributed by atoms with Crippen molar-refractivity contribution < 1.29 is 4.79 Å². The van der Waals surface area contributed by atoms with Crippen LogP contribution in [0.2, 0.25) is 0 Å². The highest BCUT2D eigenvalue weighted by Crippen LogP contribution is 2.19. The molecule has 0 bridgehead atoms. The molecule has 128 valence electrons. The van der Waals surface area contributed by atoms with E-state index in [2.05, 4.69) is 41.1 Å². The number of thiazole rings is 1. The van der Waals surface area contributed by atoms with Gasteiger partial charge in [-0.25, -0.2) is 4.98 Å². The molecule has 24 heavy (non-hydrogen) atoms. The van der Waals surface area contributed by atoms with Crippen molar-refractivity contribution >= 4 is 22.9 Å². The van der Waals surface area contributed by atoms with Gasteiger partial charge in [-0.15, -0.1) is 11.3 Å². The van der Waals surface area contributed by atoms with E-state index in [9.17, 15) is 4.79 Å². The molecule has 2 N–H and O–H groups in total. The molecule has 1 aliphatic heterocycles. The first-order chi connectivity index (χ1) is 11.5. The average molecular weight is 344 g/mol. The van der Waals surface area contributed by atoms with E-state index in [1.165, 1.54) is 22.6 Å². The van der Waals surface area contributed by atoms with Crippen molar-refractivity contribution in [2.24, 2.45) is 5.73 Å². The van der Waals surface area contributed by atoms with E-state index in [0.717, 1.165) is 36.9 Å². The number of benzene rings is 1. The maximum Gasteiger partial charge on any atom is 0.228 e. The van der Waals surface area contributed by atoms with Crippen molar-refractivity contribution in [1.82, 2.24) is 9.88 Å². The Morgan fingerprint density at radius 3 is 2.71 bits per heavy atom. The van der Waals surface area contributed by atoms with Gasteiger partial charge in [0.15, 0.2) is 0 Å². The molecule has 1 atom stereocenters. The predicted molar refractivity (Wildman–Crippen MR) is 98.4 cm³/mol. The maximum atomic E-state index is 12.5. The van der Waals surface area contributed by atoms with Gasteiger partial charge in [-0.05, 0) is 31.5 Å². The Morgan fingerprint density at radius 2 is 2.08 bits per heavy atom. The lowest BCUT2D eigenvalue weighted by Crippen LogP contribution is -2.49. The van der Waals surface area contributed by atoms with Gasteiger partial charge in [0.05, 0.1) is 18.2 Å². The number of hydrogen-bond donors (Lipinski definition) is 1. The standard InChI is InChI=1S/C18H24N4OS/c1-13-4-3-5-16(10-13)21-6-8-22(9-7-21)17(23)11-15-12-24-18(20-15)14(2)19/h3-5,10,12,14H,6-9,11,19H2,1-2H3. The van der Waals surface area contributed by atoms with Crippen LogP contribution in [0.25, 0.3) is 0 Å². The number of carbonyl (C=O) groups excluding carboxylic acids is 1. The van der Waals surface area contributed by atoms with Crippen molar-refractivity contribution in [2.45, 2.75) is 26.3 Å². The quantitative estimate of drug-likeness (QED) is 0.925. The number of amides is 1. The third-order valence-corrected chi connectivity index (χ3v) is 5.39. The highest BCUT2D eigenvalue weighted by atomic mass is 32.1. The lowest BCUT2D eigenvalue weighted by molar-refractivity contribution is -0.130. The molecule has 1 unspecified atom stereocenters. The minimum absolute atomic E-state index is 0.0725. The Kier molecular flexibility index (Phi) is 5.16. The highest BCUT2D eigenvalue weighted by Gasteiger charge is 2.22. The monoisotopic (exact) mass is 344 g/mol. The van der Waals surface area contributed by atoms with Gasteiger partial charge in [0.25, 0.3) is 0 Å². The number of piperazine rings is 1. The summed E-state index contributed by atoms with van der Waals surface area (Å²) in [5.74, 6) is 0.153. The second kappa shape index (κ2) is 7.32. The van der Waals surface area contributed by atoms with E-state index in [4.69, 9.17) is 5.73 Å². The number of aryl methyl sites for hydroxylation is 1. The van der Waals surface area contributed by atoms with Gasteiger partial charge >= 0.3 is 0 Å². The number of nitrogens with two attached hydrogens (primary N) is 1. The van der Waals surface area contributed by atoms with Crippen LogP contribution < -0.4 is 10.6 Å². The zero-order chi connectivity index (χ0) is 17.1. The minimum Gasteiger partial charge on any atom is -0.368 e. The number of hydrogen-bond acceptors (Lipinski definition) is 5. The van der Waals surface area contributed by atoms with Gasteiger partial charge in [-0.3, -0.25) is 4.79 Å². The summed E-state index contributed by atoms with van der Waals surface area (Å²) in [6.45, 7) is 7.28. The van der Waals surface area contributed by atoms with Crippen molar-refractivity contribution in [3.8, 4) is 0 Å². The van der Waals surface area contributed by atoms with Crippen molar-refractivity contribution in [3.63, 3.8) is 0 Å². The van der Waals surface area contributed by atoms with Crippen LogP contribution >= 0.6 is 11.3 Å². The first kappa shape index (κ1) is 16.9. The van der Waals surface area contributed by atoms with Gasteiger partial charge in [-0.1, -0.05) is 12.1 Å². The van der Waals surface area contributed by atoms with Crippen molar-refractivity contribution in [1.29, 1.82) is 0 Å². The van der Waals surface area contributed by atoms with Crippen LogP contribution in [0.1, 0.15) is 29.2 Å². The Hall–Kier alpha value is -1.92. The van der Waals surface area contributed by atoms with Crippen LogP contribution in [0.4, 0.5) is 5.69 Å². The fourth-order valence-corrected chi connectivity index (χ4v) is 3.70. The summed E-state index contributed by atoms with van der Waals surface area (Å²) in [6.07, 6.45) is 0.369. The number of anilines is 1. The molecule has 1 aliphatic rings. The summed E-state index contributed by atoms with van der Waals surface area (Å²) in [6, 6.07) is 8.45. The molecule has 6 heteroatoms. The number of carbonyl (C=O) groups is 1. The van der Waals surface area contributed by atoms with E-state index >= 15 is 0 Å². The van der Waals surface area contributed by atoms with Crippen LogP contribution in [0.5, 0.6) is 0 Å². The molecule has 0 aliphatic carbocycles. The first-order valence-electron chi connectivity index (χ1n) is 8.32. The molecule has 0 spiro atoms. The van der Waals surface area contributed by atoms with Gasteiger partial charge in [0.2, 0.25) is 5.91 Å². The molecule has 1 amide bonds. The van der Waals surface area contributed by atoms with Crippen LogP contribution in [0.15, 0.2) is 29.6 Å². The maximum absolute atomic E-state index is 12.5.